The maximum Gasteiger partial charge on any atom is 0.262 e. The van der Waals surface area contributed by atoms with Gasteiger partial charge in [0.15, 0.2) is 0 Å². The molecule has 1 aromatic carbocycles. The number of nitriles is 1. The van der Waals surface area contributed by atoms with Crippen LogP contribution in [0.1, 0.15) is 37.1 Å². The number of halogens is 1. The molecule has 0 aliphatic carbocycles. The molecule has 0 saturated heterocycles. The van der Waals surface area contributed by atoms with Gasteiger partial charge < -0.3 is 5.32 Å². The summed E-state index contributed by atoms with van der Waals surface area (Å²) in [6.07, 6.45) is 2.93. The van der Waals surface area contributed by atoms with E-state index in [1.165, 1.54) is 24.3 Å². The molecule has 2 rings (SSSR count). The molecule has 1 atom stereocenters. The average molecular weight is 323 g/mol. The van der Waals surface area contributed by atoms with Gasteiger partial charge in [0.25, 0.3) is 5.91 Å². The van der Waals surface area contributed by atoms with Gasteiger partial charge in [-0.15, -0.1) is 0 Å². The Morgan fingerprint density at radius 1 is 1.29 bits per heavy atom. The number of aromatic nitrogens is 1. The lowest BCUT2D eigenvalue weighted by atomic mass is 10.0. The molecule has 1 N–H and O–H groups in total. The molecule has 0 saturated carbocycles. The number of carbonyl (C=O) groups excluding carboxylic acids is 1. The lowest BCUT2D eigenvalue weighted by molar-refractivity contribution is -0.117. The molecular formula is C19H18FN3O. The molecule has 0 aliphatic rings. The summed E-state index contributed by atoms with van der Waals surface area (Å²) in [5.74, 6) is -1.15. The number of amides is 1. The van der Waals surface area contributed by atoms with Crippen LogP contribution in [0.3, 0.4) is 0 Å². The van der Waals surface area contributed by atoms with Crippen LogP contribution in [0, 0.1) is 17.3 Å². The number of pyridine rings is 1. The third kappa shape index (κ3) is 4.75. The number of hydrogen-bond acceptors (Lipinski definition) is 3. The van der Waals surface area contributed by atoms with Crippen LogP contribution in [0.25, 0.3) is 6.08 Å². The minimum Gasteiger partial charge on any atom is -0.345 e. The summed E-state index contributed by atoms with van der Waals surface area (Å²) in [7, 11) is 0. The van der Waals surface area contributed by atoms with E-state index in [4.69, 9.17) is 0 Å². The molecular weight excluding hydrogens is 305 g/mol. The molecule has 122 valence electrons. The zero-order valence-electron chi connectivity index (χ0n) is 13.4. The Bertz CT molecular complexity index is 766. The van der Waals surface area contributed by atoms with Gasteiger partial charge in [-0.2, -0.15) is 9.65 Å². The molecule has 1 amide bonds. The third-order valence-corrected chi connectivity index (χ3v) is 3.48. The number of nitrogens with zero attached hydrogens (tertiary/aromatic N) is 2. The van der Waals surface area contributed by atoms with Crippen molar-refractivity contribution in [2.45, 2.75) is 25.8 Å². The van der Waals surface area contributed by atoms with E-state index in [0.29, 0.717) is 0 Å². The van der Waals surface area contributed by atoms with Crippen LogP contribution in [0.15, 0.2) is 54.1 Å². The first kappa shape index (κ1) is 17.4. The van der Waals surface area contributed by atoms with E-state index in [9.17, 15) is 14.4 Å². The molecule has 24 heavy (non-hydrogen) atoms. The Morgan fingerprint density at radius 2 is 2.04 bits per heavy atom. The van der Waals surface area contributed by atoms with Crippen LogP contribution in [0.5, 0.6) is 0 Å². The maximum absolute atomic E-state index is 13.1. The van der Waals surface area contributed by atoms with Gasteiger partial charge in [-0.3, -0.25) is 4.79 Å². The van der Waals surface area contributed by atoms with Crippen molar-refractivity contribution in [1.29, 1.82) is 5.26 Å². The standard InChI is InChI=1S/C19H18FN3O/c1-2-7-17(14-8-4-3-5-9-14)23-19(24)15(13-21)12-16-10-6-11-18(20)22-16/h3-6,8-12,17H,2,7H2,1H3,(H,23,24)/b15-12+. The Labute approximate surface area is 140 Å². The molecule has 2 aromatic rings. The number of rotatable bonds is 6. The fourth-order valence-corrected chi connectivity index (χ4v) is 2.33. The van der Waals surface area contributed by atoms with Crippen molar-refractivity contribution < 1.29 is 9.18 Å². The van der Waals surface area contributed by atoms with E-state index >= 15 is 0 Å². The fourth-order valence-electron chi connectivity index (χ4n) is 2.33. The normalized spacial score (nSPS) is 12.3. The Balaban J connectivity index is 2.20. The highest BCUT2D eigenvalue weighted by Gasteiger charge is 2.17. The molecule has 0 radical (unpaired) electrons. The monoisotopic (exact) mass is 323 g/mol. The summed E-state index contributed by atoms with van der Waals surface area (Å²) >= 11 is 0. The zero-order valence-corrected chi connectivity index (χ0v) is 13.4. The van der Waals surface area contributed by atoms with Crippen molar-refractivity contribution in [3.05, 3.63) is 71.3 Å². The summed E-state index contributed by atoms with van der Waals surface area (Å²) in [5, 5.41) is 12.1. The topological polar surface area (TPSA) is 65.8 Å². The quantitative estimate of drug-likeness (QED) is 0.500. The van der Waals surface area contributed by atoms with Crippen molar-refractivity contribution in [1.82, 2.24) is 10.3 Å². The maximum atomic E-state index is 13.1. The molecule has 1 unspecified atom stereocenters. The van der Waals surface area contributed by atoms with Crippen LogP contribution >= 0.6 is 0 Å². The number of benzene rings is 1. The highest BCUT2D eigenvalue weighted by atomic mass is 19.1. The lowest BCUT2D eigenvalue weighted by Crippen LogP contribution is -2.29. The van der Waals surface area contributed by atoms with E-state index in [-0.39, 0.29) is 17.3 Å². The first-order valence-electron chi connectivity index (χ1n) is 7.74. The lowest BCUT2D eigenvalue weighted by Gasteiger charge is -2.18. The van der Waals surface area contributed by atoms with Gasteiger partial charge in [0.05, 0.1) is 11.7 Å². The zero-order chi connectivity index (χ0) is 17.4. The van der Waals surface area contributed by atoms with Gasteiger partial charge in [-0.25, -0.2) is 4.98 Å². The SMILES string of the molecule is CCCC(NC(=O)/C(C#N)=C/c1cccc(F)n1)c1ccccc1. The molecule has 4 nitrogen and oxygen atoms in total. The van der Waals surface area contributed by atoms with Crippen LogP contribution < -0.4 is 5.32 Å². The van der Waals surface area contributed by atoms with E-state index in [1.807, 2.05) is 43.3 Å². The summed E-state index contributed by atoms with van der Waals surface area (Å²) < 4.78 is 13.1. The van der Waals surface area contributed by atoms with Crippen molar-refractivity contribution in [3.8, 4) is 6.07 Å². The van der Waals surface area contributed by atoms with Gasteiger partial charge >= 0.3 is 0 Å². The smallest absolute Gasteiger partial charge is 0.262 e. The van der Waals surface area contributed by atoms with Gasteiger partial charge in [-0.1, -0.05) is 49.7 Å². The van der Waals surface area contributed by atoms with E-state index in [0.717, 1.165) is 18.4 Å². The summed E-state index contributed by atoms with van der Waals surface area (Å²) in [6.45, 7) is 2.03. The Hall–Kier alpha value is -3.00. The van der Waals surface area contributed by atoms with Gasteiger partial charge in [0.2, 0.25) is 5.95 Å². The minimum atomic E-state index is -0.658. The van der Waals surface area contributed by atoms with Gasteiger partial charge in [-0.05, 0) is 30.2 Å². The Kier molecular flexibility index (Phi) is 6.21. The summed E-state index contributed by atoms with van der Waals surface area (Å²) in [5.41, 5.74) is 1.10. The fraction of sp³-hybridized carbons (Fsp3) is 0.211. The molecule has 0 fully saturated rings. The van der Waals surface area contributed by atoms with Crippen LogP contribution in [-0.2, 0) is 4.79 Å². The first-order valence-corrected chi connectivity index (χ1v) is 7.74. The molecule has 0 spiro atoms. The van der Waals surface area contributed by atoms with Crippen LogP contribution in [0.4, 0.5) is 4.39 Å². The van der Waals surface area contributed by atoms with E-state index in [2.05, 4.69) is 10.3 Å². The molecule has 0 aliphatic heterocycles. The number of carbonyl (C=O) groups is 1. The minimum absolute atomic E-state index is 0.106. The molecule has 1 heterocycles. The largest absolute Gasteiger partial charge is 0.345 e. The van der Waals surface area contributed by atoms with Crippen molar-refractivity contribution in [2.24, 2.45) is 0 Å². The molecule has 0 bridgehead atoms. The Morgan fingerprint density at radius 3 is 2.67 bits per heavy atom. The average Bonchev–Trinajstić information content (AvgIpc) is 2.60. The predicted molar refractivity (Wildman–Crippen MR) is 90.0 cm³/mol. The van der Waals surface area contributed by atoms with Crippen molar-refractivity contribution in [3.63, 3.8) is 0 Å². The summed E-state index contributed by atoms with van der Waals surface area (Å²) in [6, 6.07) is 15.5. The number of hydrogen-bond donors (Lipinski definition) is 1. The molecule has 1 aromatic heterocycles. The predicted octanol–water partition coefficient (Wildman–Crippen LogP) is 3.79. The highest BCUT2D eigenvalue weighted by molar-refractivity contribution is 6.01. The second-order valence-corrected chi connectivity index (χ2v) is 5.28. The van der Waals surface area contributed by atoms with Gasteiger partial charge in [0.1, 0.15) is 11.6 Å². The van der Waals surface area contributed by atoms with Crippen LogP contribution in [0.2, 0.25) is 0 Å². The van der Waals surface area contributed by atoms with Gasteiger partial charge in [0, 0.05) is 0 Å². The first-order chi connectivity index (χ1) is 11.6. The van der Waals surface area contributed by atoms with Crippen molar-refractivity contribution >= 4 is 12.0 Å². The van der Waals surface area contributed by atoms with E-state index < -0.39 is 11.9 Å². The van der Waals surface area contributed by atoms with E-state index in [1.54, 1.807) is 0 Å². The van der Waals surface area contributed by atoms with Crippen molar-refractivity contribution in [2.75, 3.05) is 0 Å². The van der Waals surface area contributed by atoms with Crippen LogP contribution in [-0.4, -0.2) is 10.9 Å². The second kappa shape index (κ2) is 8.59. The third-order valence-electron chi connectivity index (χ3n) is 3.48. The molecule has 5 heteroatoms. The second-order valence-electron chi connectivity index (χ2n) is 5.28. The number of nitrogens with one attached hydrogen (secondary N) is 1. The highest BCUT2D eigenvalue weighted by Crippen LogP contribution is 2.19. The summed E-state index contributed by atoms with van der Waals surface area (Å²) in [4.78, 5) is 16.0.